The minimum atomic E-state index is -0.317. The van der Waals surface area contributed by atoms with Crippen LogP contribution in [0.15, 0.2) is 72.8 Å². The molecule has 0 aliphatic carbocycles. The van der Waals surface area contributed by atoms with Crippen LogP contribution < -0.4 is 15.5 Å². The predicted octanol–water partition coefficient (Wildman–Crippen LogP) is 4.07. The topological polar surface area (TPSA) is 61.4 Å². The van der Waals surface area contributed by atoms with E-state index in [0.717, 1.165) is 11.3 Å². The molecule has 3 rings (SSSR count). The second-order valence-electron chi connectivity index (χ2n) is 6.78. The lowest BCUT2D eigenvalue weighted by Gasteiger charge is -2.13. The van der Waals surface area contributed by atoms with Crippen LogP contribution in [-0.4, -0.2) is 25.9 Å². The normalized spacial score (nSPS) is 10.3. The zero-order valence-electron chi connectivity index (χ0n) is 16.3. The van der Waals surface area contributed by atoms with Crippen molar-refractivity contribution in [3.8, 4) is 0 Å². The Labute approximate surface area is 169 Å². The third-order valence-electron chi connectivity index (χ3n) is 4.42. The molecule has 5 nitrogen and oxygen atoms in total. The molecule has 6 heteroatoms. The number of hydrogen-bond donors (Lipinski definition) is 2. The van der Waals surface area contributed by atoms with Crippen LogP contribution in [0.3, 0.4) is 0 Å². The molecule has 0 saturated carbocycles. The molecule has 0 atom stereocenters. The maximum atomic E-state index is 12.9. The van der Waals surface area contributed by atoms with Crippen molar-refractivity contribution in [3.05, 3.63) is 95.3 Å². The molecule has 0 aliphatic heterocycles. The lowest BCUT2D eigenvalue weighted by molar-refractivity contribution is 0.0949. The van der Waals surface area contributed by atoms with Crippen molar-refractivity contribution in [3.63, 3.8) is 0 Å². The van der Waals surface area contributed by atoms with Gasteiger partial charge in [-0.25, -0.2) is 4.39 Å². The molecule has 0 aromatic heterocycles. The molecule has 2 N–H and O–H groups in total. The summed E-state index contributed by atoms with van der Waals surface area (Å²) < 4.78 is 12.9. The second kappa shape index (κ2) is 9.01. The van der Waals surface area contributed by atoms with Crippen LogP contribution in [0.25, 0.3) is 0 Å². The zero-order chi connectivity index (χ0) is 20.8. The summed E-state index contributed by atoms with van der Waals surface area (Å²) in [4.78, 5) is 26.6. The number of halogens is 1. The van der Waals surface area contributed by atoms with Gasteiger partial charge in [-0.05, 0) is 66.2 Å². The first-order valence-electron chi connectivity index (χ1n) is 9.14. The summed E-state index contributed by atoms with van der Waals surface area (Å²) in [5, 5.41) is 5.61. The number of carbonyl (C=O) groups excluding carboxylic acids is 2. The second-order valence-corrected chi connectivity index (χ2v) is 6.78. The molecule has 0 spiro atoms. The standard InChI is InChI=1S/C23H22FN3O2/c1-27(2)21-13-11-20(12-14-21)26-23(29)18-7-5-17(6-8-18)22(28)25-15-16-3-9-19(24)10-4-16/h3-14H,15H2,1-2H3,(H,25,28)(H,26,29). The fraction of sp³-hybridized carbons (Fsp3) is 0.130. The highest BCUT2D eigenvalue weighted by atomic mass is 19.1. The van der Waals surface area contributed by atoms with E-state index in [9.17, 15) is 14.0 Å². The van der Waals surface area contributed by atoms with Crippen molar-refractivity contribution in [2.24, 2.45) is 0 Å². The highest BCUT2D eigenvalue weighted by Gasteiger charge is 2.10. The summed E-state index contributed by atoms with van der Waals surface area (Å²) in [6.07, 6.45) is 0. The minimum Gasteiger partial charge on any atom is -0.378 e. The summed E-state index contributed by atoms with van der Waals surface area (Å²) in [5.74, 6) is -0.830. The van der Waals surface area contributed by atoms with Gasteiger partial charge in [-0.15, -0.1) is 0 Å². The van der Waals surface area contributed by atoms with Crippen LogP contribution in [0, 0.1) is 5.82 Å². The number of nitrogens with zero attached hydrogens (tertiary/aromatic N) is 1. The van der Waals surface area contributed by atoms with E-state index in [2.05, 4.69) is 10.6 Å². The molecule has 2 amide bonds. The van der Waals surface area contributed by atoms with Crippen LogP contribution >= 0.6 is 0 Å². The van der Waals surface area contributed by atoms with Crippen molar-refractivity contribution in [1.82, 2.24) is 5.32 Å². The van der Waals surface area contributed by atoms with Gasteiger partial charge in [0.05, 0.1) is 0 Å². The molecule has 0 aliphatic rings. The molecule has 0 fully saturated rings. The van der Waals surface area contributed by atoms with Crippen molar-refractivity contribution >= 4 is 23.2 Å². The third kappa shape index (κ3) is 5.42. The molecule has 0 unspecified atom stereocenters. The van der Waals surface area contributed by atoms with Gasteiger partial charge in [-0.3, -0.25) is 9.59 Å². The molecule has 0 saturated heterocycles. The Kier molecular flexibility index (Phi) is 6.24. The Morgan fingerprint density at radius 3 is 1.90 bits per heavy atom. The average molecular weight is 391 g/mol. The lowest BCUT2D eigenvalue weighted by atomic mass is 10.1. The van der Waals surface area contributed by atoms with Gasteiger partial charge >= 0.3 is 0 Å². The van der Waals surface area contributed by atoms with E-state index in [1.165, 1.54) is 12.1 Å². The van der Waals surface area contributed by atoms with Crippen molar-refractivity contribution < 1.29 is 14.0 Å². The Bertz CT molecular complexity index is 982. The maximum absolute atomic E-state index is 12.9. The smallest absolute Gasteiger partial charge is 0.255 e. The highest BCUT2D eigenvalue weighted by Crippen LogP contribution is 2.16. The first-order valence-corrected chi connectivity index (χ1v) is 9.14. The Hall–Kier alpha value is -3.67. The quantitative estimate of drug-likeness (QED) is 0.666. The number of hydrogen-bond acceptors (Lipinski definition) is 3. The third-order valence-corrected chi connectivity index (χ3v) is 4.42. The van der Waals surface area contributed by atoms with Crippen LogP contribution in [0.1, 0.15) is 26.3 Å². The first-order chi connectivity index (χ1) is 13.9. The van der Waals surface area contributed by atoms with E-state index >= 15 is 0 Å². The van der Waals surface area contributed by atoms with Gasteiger partial charge in [0, 0.05) is 43.1 Å². The van der Waals surface area contributed by atoms with Crippen molar-refractivity contribution in [2.75, 3.05) is 24.3 Å². The molecule has 3 aromatic carbocycles. The molecule has 3 aromatic rings. The number of carbonyl (C=O) groups is 2. The van der Waals surface area contributed by atoms with E-state index in [1.54, 1.807) is 36.4 Å². The average Bonchev–Trinajstić information content (AvgIpc) is 2.73. The maximum Gasteiger partial charge on any atom is 0.255 e. The number of rotatable bonds is 6. The fourth-order valence-electron chi connectivity index (χ4n) is 2.71. The lowest BCUT2D eigenvalue weighted by Crippen LogP contribution is -2.23. The van der Waals surface area contributed by atoms with Gasteiger partial charge < -0.3 is 15.5 Å². The molecular weight excluding hydrogens is 369 g/mol. The molecule has 29 heavy (non-hydrogen) atoms. The number of anilines is 2. The largest absolute Gasteiger partial charge is 0.378 e. The Balaban J connectivity index is 1.57. The van der Waals surface area contributed by atoms with Gasteiger partial charge in [0.2, 0.25) is 0 Å². The SMILES string of the molecule is CN(C)c1ccc(NC(=O)c2ccc(C(=O)NCc3ccc(F)cc3)cc2)cc1. The monoisotopic (exact) mass is 391 g/mol. The Morgan fingerprint density at radius 2 is 1.34 bits per heavy atom. The summed E-state index contributed by atoms with van der Waals surface area (Å²) in [5.41, 5.74) is 3.44. The van der Waals surface area contributed by atoms with Crippen LogP contribution in [-0.2, 0) is 6.54 Å². The van der Waals surface area contributed by atoms with Gasteiger partial charge in [0.1, 0.15) is 5.82 Å². The molecule has 0 radical (unpaired) electrons. The van der Waals surface area contributed by atoms with Crippen molar-refractivity contribution in [1.29, 1.82) is 0 Å². The molecular formula is C23H22FN3O2. The Morgan fingerprint density at radius 1 is 0.793 bits per heavy atom. The minimum absolute atomic E-state index is 0.249. The zero-order valence-corrected chi connectivity index (χ0v) is 16.3. The highest BCUT2D eigenvalue weighted by molar-refractivity contribution is 6.05. The van der Waals surface area contributed by atoms with E-state index in [-0.39, 0.29) is 17.6 Å². The van der Waals surface area contributed by atoms with Gasteiger partial charge in [0.25, 0.3) is 11.8 Å². The molecule has 0 heterocycles. The summed E-state index contributed by atoms with van der Waals surface area (Å²) >= 11 is 0. The number of nitrogens with one attached hydrogen (secondary N) is 2. The predicted molar refractivity (Wildman–Crippen MR) is 113 cm³/mol. The summed E-state index contributed by atoms with van der Waals surface area (Å²) in [6.45, 7) is 0.296. The summed E-state index contributed by atoms with van der Waals surface area (Å²) in [7, 11) is 3.90. The van der Waals surface area contributed by atoms with E-state index in [0.29, 0.717) is 23.4 Å². The number of benzene rings is 3. The molecule has 0 bridgehead atoms. The van der Waals surface area contributed by atoms with Crippen molar-refractivity contribution in [2.45, 2.75) is 6.54 Å². The van der Waals surface area contributed by atoms with E-state index in [1.807, 2.05) is 43.3 Å². The van der Waals surface area contributed by atoms with Crippen LogP contribution in [0.4, 0.5) is 15.8 Å². The van der Waals surface area contributed by atoms with E-state index in [4.69, 9.17) is 0 Å². The van der Waals surface area contributed by atoms with Crippen LogP contribution in [0.5, 0.6) is 0 Å². The van der Waals surface area contributed by atoms with Crippen LogP contribution in [0.2, 0.25) is 0 Å². The van der Waals surface area contributed by atoms with E-state index < -0.39 is 0 Å². The first kappa shape index (κ1) is 20.1. The van der Waals surface area contributed by atoms with Gasteiger partial charge in [0.15, 0.2) is 0 Å². The van der Waals surface area contributed by atoms with Gasteiger partial charge in [-0.1, -0.05) is 12.1 Å². The molecule has 148 valence electrons. The summed E-state index contributed by atoms with van der Waals surface area (Å²) in [6, 6.07) is 19.9. The fourth-order valence-corrected chi connectivity index (χ4v) is 2.71. The van der Waals surface area contributed by atoms with Gasteiger partial charge in [-0.2, -0.15) is 0 Å². The number of amides is 2.